The monoisotopic (exact) mass is 251 g/mol. The van der Waals surface area contributed by atoms with Gasteiger partial charge in [0.05, 0.1) is 0 Å². The van der Waals surface area contributed by atoms with Crippen LogP contribution in [-0.4, -0.2) is 6.54 Å². The fourth-order valence-electron chi connectivity index (χ4n) is 2.51. The molecule has 0 atom stereocenters. The summed E-state index contributed by atoms with van der Waals surface area (Å²) in [5, 5.41) is 3.69. The molecule has 0 saturated heterocycles. The number of benzene rings is 1. The van der Waals surface area contributed by atoms with E-state index in [1.807, 2.05) is 0 Å². The molecule has 1 aliphatic heterocycles. The summed E-state index contributed by atoms with van der Waals surface area (Å²) >= 11 is 3.55. The molecule has 2 aliphatic rings. The zero-order valence-corrected chi connectivity index (χ0v) is 9.73. The van der Waals surface area contributed by atoms with E-state index in [0.29, 0.717) is 5.54 Å². The highest BCUT2D eigenvalue weighted by Crippen LogP contribution is 2.48. The molecule has 1 fully saturated rings. The normalized spacial score (nSPS) is 22.9. The van der Waals surface area contributed by atoms with E-state index in [1.165, 1.54) is 36.7 Å². The maximum Gasteiger partial charge on any atom is 0.0439 e. The summed E-state index contributed by atoms with van der Waals surface area (Å²) < 4.78 is 1.22. The van der Waals surface area contributed by atoms with E-state index in [1.54, 1.807) is 11.1 Å². The second-order valence-corrected chi connectivity index (χ2v) is 5.33. The van der Waals surface area contributed by atoms with E-state index < -0.39 is 0 Å². The van der Waals surface area contributed by atoms with Gasteiger partial charge in [-0.2, -0.15) is 0 Å². The van der Waals surface area contributed by atoms with Crippen LogP contribution in [0.3, 0.4) is 0 Å². The molecule has 3 rings (SSSR count). The van der Waals surface area contributed by atoms with Crippen molar-refractivity contribution in [2.24, 2.45) is 0 Å². The molecule has 1 aliphatic carbocycles. The van der Waals surface area contributed by atoms with Crippen molar-refractivity contribution in [3.05, 3.63) is 33.8 Å². The van der Waals surface area contributed by atoms with Crippen LogP contribution >= 0.6 is 15.9 Å². The summed E-state index contributed by atoms with van der Waals surface area (Å²) in [6, 6.07) is 6.76. The quantitative estimate of drug-likeness (QED) is 0.748. The molecule has 0 bridgehead atoms. The van der Waals surface area contributed by atoms with Crippen molar-refractivity contribution in [3.8, 4) is 0 Å². The summed E-state index contributed by atoms with van der Waals surface area (Å²) in [4.78, 5) is 0. The first kappa shape index (κ1) is 8.93. The molecule has 0 aromatic heterocycles. The lowest BCUT2D eigenvalue weighted by Gasteiger charge is -2.17. The molecule has 1 saturated carbocycles. The fraction of sp³-hybridized carbons (Fsp3) is 0.500. The molecule has 1 spiro atoms. The van der Waals surface area contributed by atoms with E-state index in [-0.39, 0.29) is 0 Å². The molecule has 0 radical (unpaired) electrons. The minimum Gasteiger partial charge on any atom is -0.307 e. The van der Waals surface area contributed by atoms with Gasteiger partial charge in [0.25, 0.3) is 0 Å². The molecular weight excluding hydrogens is 238 g/mol. The van der Waals surface area contributed by atoms with E-state index in [4.69, 9.17) is 0 Å². The van der Waals surface area contributed by atoms with E-state index >= 15 is 0 Å². The molecule has 1 nitrogen and oxygen atoms in total. The van der Waals surface area contributed by atoms with Crippen molar-refractivity contribution in [3.63, 3.8) is 0 Å². The summed E-state index contributed by atoms with van der Waals surface area (Å²) in [7, 11) is 0. The van der Waals surface area contributed by atoms with Gasteiger partial charge < -0.3 is 5.32 Å². The summed E-state index contributed by atoms with van der Waals surface area (Å²) in [6.45, 7) is 1.17. The molecule has 74 valence electrons. The highest BCUT2D eigenvalue weighted by molar-refractivity contribution is 9.10. The van der Waals surface area contributed by atoms with Crippen LogP contribution < -0.4 is 5.32 Å². The molecular formula is C12H14BrN. The lowest BCUT2D eigenvalue weighted by Crippen LogP contribution is -2.28. The number of aryl methyl sites for hydroxylation is 1. The number of halogens is 1. The van der Waals surface area contributed by atoms with Crippen molar-refractivity contribution in [2.75, 3.05) is 6.54 Å². The van der Waals surface area contributed by atoms with Crippen molar-refractivity contribution in [1.82, 2.24) is 5.32 Å². The van der Waals surface area contributed by atoms with Gasteiger partial charge in [0.2, 0.25) is 0 Å². The van der Waals surface area contributed by atoms with Gasteiger partial charge in [0.1, 0.15) is 0 Å². The third-order valence-corrected chi connectivity index (χ3v) is 3.91. The highest BCUT2D eigenvalue weighted by atomic mass is 79.9. The average molecular weight is 252 g/mol. The van der Waals surface area contributed by atoms with Gasteiger partial charge in [-0.1, -0.05) is 22.0 Å². The molecule has 1 aromatic rings. The van der Waals surface area contributed by atoms with E-state index in [2.05, 4.69) is 39.4 Å². The Morgan fingerprint density at radius 1 is 1.29 bits per heavy atom. The van der Waals surface area contributed by atoms with Gasteiger partial charge in [-0.3, -0.25) is 0 Å². The van der Waals surface area contributed by atoms with Crippen LogP contribution in [0.4, 0.5) is 0 Å². The smallest absolute Gasteiger partial charge is 0.0439 e. The average Bonchev–Trinajstić information content (AvgIpc) is 2.95. The molecule has 0 amide bonds. The third kappa shape index (κ3) is 1.32. The topological polar surface area (TPSA) is 12.0 Å². The maximum atomic E-state index is 3.69. The summed E-state index contributed by atoms with van der Waals surface area (Å²) in [6.07, 6.45) is 5.14. The van der Waals surface area contributed by atoms with Crippen molar-refractivity contribution in [2.45, 2.75) is 31.2 Å². The zero-order valence-electron chi connectivity index (χ0n) is 8.15. The van der Waals surface area contributed by atoms with Gasteiger partial charge in [0.15, 0.2) is 0 Å². The maximum absolute atomic E-state index is 3.69. The van der Waals surface area contributed by atoms with Gasteiger partial charge in [-0.05, 0) is 55.5 Å². The first-order chi connectivity index (χ1) is 6.80. The predicted molar refractivity (Wildman–Crippen MR) is 61.4 cm³/mol. The Bertz CT molecular complexity index is 369. The molecule has 1 N–H and O–H groups in total. The van der Waals surface area contributed by atoms with Crippen LogP contribution in [0.1, 0.15) is 30.4 Å². The first-order valence-electron chi connectivity index (χ1n) is 5.34. The van der Waals surface area contributed by atoms with Crippen molar-refractivity contribution < 1.29 is 0 Å². The third-order valence-electron chi connectivity index (χ3n) is 3.42. The summed E-state index contributed by atoms with van der Waals surface area (Å²) in [5.74, 6) is 0. The summed E-state index contributed by atoms with van der Waals surface area (Å²) in [5.41, 5.74) is 3.46. The Morgan fingerprint density at radius 2 is 2.14 bits per heavy atom. The Kier molecular flexibility index (Phi) is 1.96. The minimum absolute atomic E-state index is 0.368. The fourth-order valence-corrected chi connectivity index (χ4v) is 2.92. The van der Waals surface area contributed by atoms with Crippen LogP contribution in [0.5, 0.6) is 0 Å². The Balaban J connectivity index is 2.11. The Hall–Kier alpha value is -0.340. The van der Waals surface area contributed by atoms with E-state index in [9.17, 15) is 0 Å². The van der Waals surface area contributed by atoms with Gasteiger partial charge in [-0.15, -0.1) is 0 Å². The molecule has 0 unspecified atom stereocenters. The van der Waals surface area contributed by atoms with Crippen LogP contribution in [0.2, 0.25) is 0 Å². The number of hydrogen-bond donors (Lipinski definition) is 1. The number of fused-ring (bicyclic) bond motifs is 2. The lowest BCUT2D eigenvalue weighted by molar-refractivity contribution is 0.529. The predicted octanol–water partition coefficient (Wildman–Crippen LogP) is 2.97. The van der Waals surface area contributed by atoms with Gasteiger partial charge in [0, 0.05) is 10.0 Å². The Labute approximate surface area is 93.0 Å². The second-order valence-electron chi connectivity index (χ2n) is 4.41. The lowest BCUT2D eigenvalue weighted by atomic mass is 9.97. The largest absolute Gasteiger partial charge is 0.307 e. The number of rotatable bonds is 0. The SMILES string of the molecule is Brc1ccc2c(c1)CCCNC21CC1. The van der Waals surface area contributed by atoms with Crippen LogP contribution in [-0.2, 0) is 12.0 Å². The van der Waals surface area contributed by atoms with Gasteiger partial charge in [-0.25, -0.2) is 0 Å². The van der Waals surface area contributed by atoms with Crippen LogP contribution in [0.25, 0.3) is 0 Å². The first-order valence-corrected chi connectivity index (χ1v) is 6.13. The minimum atomic E-state index is 0.368. The molecule has 14 heavy (non-hydrogen) atoms. The Morgan fingerprint density at radius 3 is 2.93 bits per heavy atom. The van der Waals surface area contributed by atoms with Crippen molar-refractivity contribution >= 4 is 15.9 Å². The zero-order chi connectivity index (χ0) is 9.60. The number of hydrogen-bond acceptors (Lipinski definition) is 1. The van der Waals surface area contributed by atoms with Crippen LogP contribution in [0, 0.1) is 0 Å². The van der Waals surface area contributed by atoms with Crippen molar-refractivity contribution in [1.29, 1.82) is 0 Å². The second kappa shape index (κ2) is 3.07. The van der Waals surface area contributed by atoms with Gasteiger partial charge >= 0.3 is 0 Å². The standard InChI is InChI=1S/C12H14BrN/c13-10-3-4-11-9(8-10)2-1-7-14-12(11)5-6-12/h3-4,8,14H,1-2,5-7H2. The molecule has 1 heterocycles. The van der Waals surface area contributed by atoms with E-state index in [0.717, 1.165) is 0 Å². The highest BCUT2D eigenvalue weighted by Gasteiger charge is 2.45. The van der Waals surface area contributed by atoms with Crippen LogP contribution in [0.15, 0.2) is 22.7 Å². The number of nitrogens with one attached hydrogen (secondary N) is 1. The molecule has 2 heteroatoms. The molecule has 1 aromatic carbocycles.